The van der Waals surface area contributed by atoms with Crippen molar-refractivity contribution in [2.75, 3.05) is 46.9 Å². The number of allylic oxidation sites excluding steroid dienone is 1. The van der Waals surface area contributed by atoms with Gasteiger partial charge in [-0.1, -0.05) is 110 Å². The Morgan fingerprint density at radius 1 is 0.700 bits per heavy atom. The molecule has 0 radical (unpaired) electrons. The topological polar surface area (TPSA) is 107 Å². The molecule has 0 aromatic heterocycles. The van der Waals surface area contributed by atoms with E-state index in [4.69, 9.17) is 14.7 Å². The molecule has 0 saturated carbocycles. The first-order valence-corrected chi connectivity index (χ1v) is 20.5. The molecule has 1 N–H and O–H groups in total. The molecule has 0 amide bonds. The van der Waals surface area contributed by atoms with Crippen molar-refractivity contribution in [3.05, 3.63) is 12.2 Å². The molecule has 0 aromatic rings. The summed E-state index contributed by atoms with van der Waals surface area (Å²) in [5.74, 6) is 0.492. The molecule has 0 saturated heterocycles. The third-order valence-electron chi connectivity index (χ3n) is 8.98. The van der Waals surface area contributed by atoms with Crippen LogP contribution in [-0.4, -0.2) is 80.7 Å². The number of aliphatic imine (C=N–C) groups is 1. The quantitative estimate of drug-likeness (QED) is 0.0134. The van der Waals surface area contributed by atoms with Gasteiger partial charge < -0.3 is 19.3 Å². The van der Waals surface area contributed by atoms with E-state index in [-0.39, 0.29) is 18.0 Å². The fourth-order valence-electron chi connectivity index (χ4n) is 5.90. The van der Waals surface area contributed by atoms with Gasteiger partial charge in [0.1, 0.15) is 12.7 Å². The van der Waals surface area contributed by atoms with Gasteiger partial charge in [0.15, 0.2) is 6.19 Å². The van der Waals surface area contributed by atoms with Gasteiger partial charge in [0, 0.05) is 33.5 Å². The Morgan fingerprint density at radius 3 is 1.88 bits per heavy atom. The third kappa shape index (κ3) is 31.4. The number of rotatable bonds is 34. The van der Waals surface area contributed by atoms with Crippen LogP contribution in [0.3, 0.4) is 0 Å². The van der Waals surface area contributed by atoms with E-state index in [0.717, 1.165) is 122 Å². The Labute approximate surface area is 308 Å². The van der Waals surface area contributed by atoms with Crippen LogP contribution >= 0.6 is 0 Å². The van der Waals surface area contributed by atoms with Crippen LogP contribution in [0.2, 0.25) is 0 Å². The highest BCUT2D eigenvalue weighted by Crippen LogP contribution is 2.16. The number of unbranched alkanes of at least 4 members (excludes halogenated alkanes) is 14. The first-order chi connectivity index (χ1) is 24.4. The highest BCUT2D eigenvalue weighted by Gasteiger charge is 2.14. The first kappa shape index (κ1) is 47.4. The molecular weight excluding hydrogens is 626 g/mol. The van der Waals surface area contributed by atoms with Crippen molar-refractivity contribution in [1.29, 1.82) is 5.26 Å². The van der Waals surface area contributed by atoms with Crippen LogP contribution in [0.25, 0.3) is 0 Å². The molecule has 0 aliphatic heterocycles. The molecular formula is C41H77N5O4. The predicted molar refractivity (Wildman–Crippen MR) is 209 cm³/mol. The number of nitrogens with zero attached hydrogens (tertiary/aromatic N) is 4. The van der Waals surface area contributed by atoms with Crippen molar-refractivity contribution in [3.8, 4) is 6.19 Å². The molecule has 0 heterocycles. The molecule has 0 rings (SSSR count). The second-order valence-electron chi connectivity index (χ2n) is 14.0. The number of nitrogens with one attached hydrogen (secondary N) is 1. The second-order valence-corrected chi connectivity index (χ2v) is 14.0. The lowest BCUT2D eigenvalue weighted by Gasteiger charge is -2.22. The summed E-state index contributed by atoms with van der Waals surface area (Å²) >= 11 is 0. The molecule has 0 aliphatic carbocycles. The summed E-state index contributed by atoms with van der Waals surface area (Å²) in [6, 6.07) is 0. The van der Waals surface area contributed by atoms with E-state index in [0.29, 0.717) is 32.0 Å². The van der Waals surface area contributed by atoms with Crippen molar-refractivity contribution in [2.24, 2.45) is 4.99 Å². The molecule has 9 heteroatoms. The van der Waals surface area contributed by atoms with Crippen LogP contribution in [0.4, 0.5) is 0 Å². The van der Waals surface area contributed by atoms with Gasteiger partial charge in [-0.2, -0.15) is 5.26 Å². The van der Waals surface area contributed by atoms with Crippen molar-refractivity contribution in [1.82, 2.24) is 15.1 Å². The number of hydrogen-bond acceptors (Lipinski definition) is 7. The zero-order chi connectivity index (χ0) is 36.9. The second kappa shape index (κ2) is 36.2. The Kier molecular flexibility index (Phi) is 34.3. The van der Waals surface area contributed by atoms with Crippen LogP contribution in [0, 0.1) is 11.5 Å². The van der Waals surface area contributed by atoms with E-state index in [1.165, 1.54) is 38.5 Å². The zero-order valence-corrected chi connectivity index (χ0v) is 33.2. The summed E-state index contributed by atoms with van der Waals surface area (Å²) in [4.78, 5) is 33.4. The van der Waals surface area contributed by atoms with Crippen molar-refractivity contribution >= 4 is 17.9 Å². The van der Waals surface area contributed by atoms with Gasteiger partial charge in [-0.15, -0.1) is 0 Å². The van der Waals surface area contributed by atoms with Crippen LogP contribution in [0.15, 0.2) is 17.1 Å². The normalized spacial score (nSPS) is 12.3. The maximum Gasteiger partial charge on any atom is 0.306 e. The van der Waals surface area contributed by atoms with Crippen LogP contribution < -0.4 is 5.32 Å². The Bertz CT molecular complexity index is 902. The Morgan fingerprint density at radius 2 is 1.26 bits per heavy atom. The van der Waals surface area contributed by atoms with Gasteiger partial charge in [-0.25, -0.2) is 0 Å². The molecule has 0 bridgehead atoms. The fourth-order valence-corrected chi connectivity index (χ4v) is 5.90. The highest BCUT2D eigenvalue weighted by atomic mass is 16.5. The van der Waals surface area contributed by atoms with E-state index in [1.807, 2.05) is 31.3 Å². The predicted octanol–water partition coefficient (Wildman–Crippen LogP) is 9.71. The van der Waals surface area contributed by atoms with Crippen molar-refractivity contribution in [3.63, 3.8) is 0 Å². The van der Waals surface area contributed by atoms with Crippen LogP contribution in [0.5, 0.6) is 0 Å². The number of nitriles is 1. The lowest BCUT2D eigenvalue weighted by Crippen LogP contribution is -2.34. The summed E-state index contributed by atoms with van der Waals surface area (Å²) in [6.07, 6.45) is 31.5. The van der Waals surface area contributed by atoms with E-state index in [2.05, 4.69) is 42.1 Å². The number of esters is 2. The number of hydrogen-bond donors (Lipinski definition) is 1. The van der Waals surface area contributed by atoms with Crippen molar-refractivity contribution < 1.29 is 19.1 Å². The zero-order valence-electron chi connectivity index (χ0n) is 33.2. The minimum Gasteiger partial charge on any atom is -0.462 e. The standard InChI is InChI=1S/C41H77N5O4/c1-6-9-12-13-20-26-36-49-39(47)30-22-16-14-18-24-33-46(35-27-32-43-41(44-37-42)45(4)5)34-25-19-15-17-23-31-40(48)50-38(28-11-8-3)29-21-10-7-2/h20,26,38H,6-19,21-25,27-36H2,1-5H3,(H,43,44)/b26-20-. The largest absolute Gasteiger partial charge is 0.462 e. The maximum absolute atomic E-state index is 12.5. The average Bonchev–Trinajstić information content (AvgIpc) is 3.10. The van der Waals surface area contributed by atoms with Crippen LogP contribution in [0.1, 0.15) is 175 Å². The third-order valence-corrected chi connectivity index (χ3v) is 8.98. The summed E-state index contributed by atoms with van der Waals surface area (Å²) in [5, 5.41) is 11.6. The van der Waals surface area contributed by atoms with E-state index < -0.39 is 0 Å². The minimum atomic E-state index is -0.0896. The van der Waals surface area contributed by atoms with Gasteiger partial charge in [0.05, 0.1) is 0 Å². The summed E-state index contributed by atoms with van der Waals surface area (Å²) < 4.78 is 11.2. The summed E-state index contributed by atoms with van der Waals surface area (Å²) in [6.45, 7) is 10.8. The minimum absolute atomic E-state index is 0.0142. The smallest absolute Gasteiger partial charge is 0.306 e. The summed E-state index contributed by atoms with van der Waals surface area (Å²) in [7, 11) is 3.77. The Balaban J connectivity index is 4.42. The van der Waals surface area contributed by atoms with E-state index in [9.17, 15) is 9.59 Å². The number of carbonyl (C=O) groups excluding carboxylic acids is 2. The summed E-state index contributed by atoms with van der Waals surface area (Å²) in [5.41, 5.74) is 0. The van der Waals surface area contributed by atoms with Gasteiger partial charge in [-0.3, -0.25) is 19.9 Å². The molecule has 9 nitrogen and oxygen atoms in total. The molecule has 1 unspecified atom stereocenters. The van der Waals surface area contributed by atoms with Crippen molar-refractivity contribution in [2.45, 2.75) is 181 Å². The number of guanidine groups is 1. The lowest BCUT2D eigenvalue weighted by molar-refractivity contribution is -0.150. The van der Waals surface area contributed by atoms with Gasteiger partial charge in [0.25, 0.3) is 0 Å². The molecule has 0 fully saturated rings. The number of carbonyl (C=O) groups is 2. The van der Waals surface area contributed by atoms with Gasteiger partial charge in [0.2, 0.25) is 5.96 Å². The first-order valence-electron chi connectivity index (χ1n) is 20.5. The van der Waals surface area contributed by atoms with E-state index >= 15 is 0 Å². The van der Waals surface area contributed by atoms with Gasteiger partial charge >= 0.3 is 11.9 Å². The Hall–Kier alpha value is -2.60. The van der Waals surface area contributed by atoms with Gasteiger partial charge in [-0.05, 0) is 83.8 Å². The maximum atomic E-state index is 12.5. The molecule has 290 valence electrons. The molecule has 0 spiro atoms. The average molecular weight is 704 g/mol. The molecule has 0 aliphatic rings. The highest BCUT2D eigenvalue weighted by molar-refractivity contribution is 5.80. The number of ether oxygens (including phenoxy) is 2. The molecule has 0 aromatic carbocycles. The van der Waals surface area contributed by atoms with Crippen LogP contribution in [-0.2, 0) is 19.1 Å². The van der Waals surface area contributed by atoms with E-state index in [1.54, 1.807) is 0 Å². The SMILES string of the molecule is CCCCC/C=C\COC(=O)CCCCCCCN(CCCCCCCC(=O)OC(CCCC)CCCCC)CCCN=C(NC#N)N(C)C. The fraction of sp³-hybridized carbons (Fsp3) is 0.854. The monoisotopic (exact) mass is 704 g/mol. The lowest BCUT2D eigenvalue weighted by atomic mass is 10.1. The molecule has 1 atom stereocenters. The molecule has 50 heavy (non-hydrogen) atoms.